The molecule has 10 saturated heterocycles. The molecular formula is C30H52P2Ti. The quantitative estimate of drug-likeness (QED) is 0.0954. The summed E-state index contributed by atoms with van der Waals surface area (Å²) in [6, 6.07) is 0. The van der Waals surface area contributed by atoms with Crippen LogP contribution >= 0.6 is 15.8 Å². The summed E-state index contributed by atoms with van der Waals surface area (Å²) in [4.78, 5) is 0. The molecule has 10 aliphatic rings. The maximum absolute atomic E-state index is 3.68. The normalized spacial score (nSPS) is 69.9. The van der Waals surface area contributed by atoms with E-state index in [0.717, 1.165) is 0 Å². The van der Waals surface area contributed by atoms with Gasteiger partial charge in [-0.1, -0.05) is 0 Å². The molecule has 0 amide bonds. The van der Waals surface area contributed by atoms with Gasteiger partial charge < -0.3 is 0 Å². The number of hydrogen-bond donors (Lipinski definition) is 0. The van der Waals surface area contributed by atoms with Crippen LogP contribution in [0.2, 0.25) is 33.8 Å². The molecule has 3 heteroatoms. The van der Waals surface area contributed by atoms with Crippen molar-refractivity contribution in [2.24, 2.45) is 0 Å². The van der Waals surface area contributed by atoms with Gasteiger partial charge in [-0.3, -0.25) is 0 Å². The Hall–Kier alpha value is 1.57. The van der Waals surface area contributed by atoms with Gasteiger partial charge in [0.25, 0.3) is 0 Å². The van der Waals surface area contributed by atoms with Crippen LogP contribution in [0.25, 0.3) is 0 Å². The van der Waals surface area contributed by atoms with Crippen LogP contribution in [0.15, 0.2) is 0 Å². The summed E-state index contributed by atoms with van der Waals surface area (Å²) >= 11 is 0. The Balaban J connectivity index is 1.10. The van der Waals surface area contributed by atoms with Gasteiger partial charge in [-0.2, -0.15) is 0 Å². The molecule has 4 unspecified atom stereocenters. The van der Waals surface area contributed by atoms with Crippen LogP contribution in [-0.2, 0) is 8.89 Å². The number of rotatable bonds is 18. The fraction of sp³-hybridized carbons (Fsp3) is 1.00. The van der Waals surface area contributed by atoms with E-state index in [9.17, 15) is 0 Å². The van der Waals surface area contributed by atoms with Crippen LogP contribution in [0.3, 0.4) is 0 Å². The Kier molecular flexibility index (Phi) is 2.03. The molecule has 186 valence electrons. The maximum atomic E-state index is 2.45. The van der Waals surface area contributed by atoms with Gasteiger partial charge in [0.15, 0.2) is 0 Å². The molecule has 10 rings (SSSR count). The monoisotopic (exact) mass is 522 g/mol. The molecule has 1 spiro atoms. The summed E-state index contributed by atoms with van der Waals surface area (Å²) in [6.45, 7) is 9.81. The van der Waals surface area contributed by atoms with E-state index in [4.69, 9.17) is 0 Å². The molecule has 0 bridgehead atoms. The van der Waals surface area contributed by atoms with Crippen LogP contribution in [0, 0.1) is 0 Å². The second-order valence-corrected chi connectivity index (χ2v) is 59.0. The van der Waals surface area contributed by atoms with Gasteiger partial charge in [0.1, 0.15) is 0 Å². The first-order valence-corrected chi connectivity index (χ1v) is 28.7. The molecular weight excluding hydrogens is 470 g/mol. The number of hydrogen-bond acceptors (Lipinski definition) is 0. The zero-order valence-electron chi connectivity index (χ0n) is 22.3. The Morgan fingerprint density at radius 3 is 0.970 bits per heavy atom. The Morgan fingerprint density at radius 2 is 0.758 bits per heavy atom. The van der Waals surface area contributed by atoms with Gasteiger partial charge in [0, 0.05) is 0 Å². The molecule has 33 heavy (non-hydrogen) atoms. The van der Waals surface area contributed by atoms with Gasteiger partial charge in [0.2, 0.25) is 0 Å². The van der Waals surface area contributed by atoms with Crippen LogP contribution in [-0.4, -0.2) is 31.6 Å². The first kappa shape index (κ1) is 20.5. The fourth-order valence-corrected chi connectivity index (χ4v) is 199. The van der Waals surface area contributed by atoms with E-state index < -0.39 is 8.89 Å². The molecule has 0 N–H and O–H groups in total. The van der Waals surface area contributed by atoms with Crippen molar-refractivity contribution < 1.29 is 8.89 Å². The summed E-state index contributed by atoms with van der Waals surface area (Å²) in [6.07, 6.45) is 25.6. The van der Waals surface area contributed by atoms with Crippen molar-refractivity contribution in [3.05, 3.63) is 0 Å². The standard InChI is InChI=1S/C25H47P2.C5H5.Ti/c1-5-9-13-20-26(21-14-10-6-2)24-18-17-19-25(24)27(22-15-11-7-3)23-16-12-8-4;1-2-4-5-3-1;/h17-19H,5-16,20-23H2,1-4H3;1-5H;. The average Bonchev–Trinajstić information content (AvgIpc) is 3.76. The molecule has 0 aliphatic carbocycles. The van der Waals surface area contributed by atoms with Gasteiger partial charge in [-0.05, 0) is 0 Å². The van der Waals surface area contributed by atoms with E-state index in [0.29, 0.717) is 15.8 Å². The van der Waals surface area contributed by atoms with E-state index in [2.05, 4.69) is 27.7 Å². The zero-order chi connectivity index (χ0) is 22.4. The van der Waals surface area contributed by atoms with Crippen molar-refractivity contribution in [2.45, 2.75) is 145 Å². The van der Waals surface area contributed by atoms with E-state index in [1.165, 1.54) is 32.6 Å². The van der Waals surface area contributed by atoms with Crippen molar-refractivity contribution >= 4 is 15.8 Å². The molecule has 0 aromatic heterocycles. The molecule has 0 radical (unpaired) electrons. The van der Waals surface area contributed by atoms with Gasteiger partial charge in [-0.25, -0.2) is 0 Å². The molecule has 0 aromatic rings. The van der Waals surface area contributed by atoms with Crippen LogP contribution in [0.4, 0.5) is 0 Å². The first-order valence-electron chi connectivity index (χ1n) is 16.5. The predicted molar refractivity (Wildman–Crippen MR) is 147 cm³/mol. The van der Waals surface area contributed by atoms with Crippen LogP contribution in [0.5, 0.6) is 0 Å². The van der Waals surface area contributed by atoms with Crippen molar-refractivity contribution in [1.82, 2.24) is 0 Å². The summed E-state index contributed by atoms with van der Waals surface area (Å²) < 4.78 is 15.0. The molecule has 10 fully saturated rings. The van der Waals surface area contributed by atoms with Crippen molar-refractivity contribution in [3.8, 4) is 0 Å². The van der Waals surface area contributed by atoms with Gasteiger partial charge in [0.05, 0.1) is 0 Å². The van der Waals surface area contributed by atoms with E-state index in [1.54, 1.807) is 110 Å². The second-order valence-electron chi connectivity index (χ2n) is 19.5. The Bertz CT molecular complexity index is 1140. The van der Waals surface area contributed by atoms with Crippen molar-refractivity contribution in [3.63, 3.8) is 0 Å². The molecule has 0 nitrogen and oxygen atoms in total. The molecule has 4 atom stereocenters. The van der Waals surface area contributed by atoms with Crippen LogP contribution in [0.1, 0.15) is 105 Å². The predicted octanol–water partition coefficient (Wildman–Crippen LogP) is 10.9. The minimum atomic E-state index is -3.68. The van der Waals surface area contributed by atoms with Crippen LogP contribution < -0.4 is 0 Å². The van der Waals surface area contributed by atoms with E-state index in [-0.39, 0.29) is 0 Å². The third-order valence-electron chi connectivity index (χ3n) is 25.4. The van der Waals surface area contributed by atoms with Gasteiger partial charge in [-0.15, -0.1) is 0 Å². The summed E-state index contributed by atoms with van der Waals surface area (Å²) in [5.74, 6) is 0. The summed E-state index contributed by atoms with van der Waals surface area (Å²) in [5.41, 5.74) is 0. The molecule has 0 aromatic carbocycles. The zero-order valence-corrected chi connectivity index (χ0v) is 25.7. The number of fused-ring (bicyclic) bond motifs is 10. The van der Waals surface area contributed by atoms with Crippen molar-refractivity contribution in [2.75, 3.05) is 24.6 Å². The summed E-state index contributed by atoms with van der Waals surface area (Å²) in [7, 11) is -2.87. The van der Waals surface area contributed by atoms with Crippen molar-refractivity contribution in [1.29, 1.82) is 0 Å². The molecule has 0 saturated carbocycles. The Morgan fingerprint density at radius 1 is 0.455 bits per heavy atom. The van der Waals surface area contributed by atoms with E-state index >= 15 is 0 Å². The van der Waals surface area contributed by atoms with Gasteiger partial charge >= 0.3 is 195 Å². The topological polar surface area (TPSA) is 0 Å². The second kappa shape index (κ2) is 3.26. The fourth-order valence-electron chi connectivity index (χ4n) is 29.3. The third-order valence-corrected chi connectivity index (χ3v) is 105. The SMILES string of the molecule is CCCCCP(CCCCC)[C]12[CH]3[CH]4[CH]5[C]1(P(CCCCC)CCCCC)[Ti]43521678[CH]2[CH]1[CH]6[CH]7[CH]28. The average molecular weight is 523 g/mol. The first-order chi connectivity index (χ1) is 16.0. The Labute approximate surface area is 194 Å². The molecule has 10 aliphatic heterocycles. The molecule has 10 heterocycles. The summed E-state index contributed by atoms with van der Waals surface area (Å²) in [5, 5.41) is 0. The third kappa shape index (κ3) is 0.493. The van der Waals surface area contributed by atoms with E-state index in [1.807, 2.05) is 0 Å². The number of unbranched alkanes of at least 4 members (excludes halogenated alkanes) is 8. The minimum absolute atomic E-state index is 0.408.